The van der Waals surface area contributed by atoms with Crippen molar-refractivity contribution < 1.29 is 18.0 Å². The van der Waals surface area contributed by atoms with Crippen LogP contribution in [-0.4, -0.2) is 61.8 Å². The number of amides is 2. The van der Waals surface area contributed by atoms with Crippen molar-refractivity contribution >= 4 is 56.6 Å². The molecule has 11 heteroatoms. The first kappa shape index (κ1) is 20.4. The molecule has 0 aromatic heterocycles. The number of hydrogen-bond donors (Lipinski definition) is 1. The Morgan fingerprint density at radius 1 is 1.29 bits per heavy atom. The molecule has 0 spiro atoms. The van der Waals surface area contributed by atoms with Gasteiger partial charge >= 0.3 is 0 Å². The Bertz CT molecular complexity index is 1010. The summed E-state index contributed by atoms with van der Waals surface area (Å²) in [6.45, 7) is -0.0844. The van der Waals surface area contributed by atoms with Gasteiger partial charge in [0.2, 0.25) is 5.91 Å². The maximum atomic E-state index is 12.8. The van der Waals surface area contributed by atoms with Crippen LogP contribution in [0, 0.1) is 0 Å². The summed E-state index contributed by atoms with van der Waals surface area (Å²) in [4.78, 5) is 27.8. The van der Waals surface area contributed by atoms with Gasteiger partial charge in [0, 0.05) is 19.8 Å². The highest BCUT2D eigenvalue weighted by Crippen LogP contribution is 2.29. The molecule has 3 rings (SSSR count). The lowest BCUT2D eigenvalue weighted by Crippen LogP contribution is -2.44. The van der Waals surface area contributed by atoms with E-state index >= 15 is 0 Å². The minimum atomic E-state index is -3.63. The van der Waals surface area contributed by atoms with Crippen molar-refractivity contribution in [3.63, 3.8) is 0 Å². The number of carbonyl (C=O) groups is 2. The molecular formula is C17H16Cl2N4O4S. The predicted molar refractivity (Wildman–Crippen MR) is 108 cm³/mol. The molecule has 28 heavy (non-hydrogen) atoms. The topological polar surface area (TPSA) is 99.1 Å². The van der Waals surface area contributed by atoms with Gasteiger partial charge in [0.25, 0.3) is 15.9 Å². The molecule has 0 radical (unpaired) electrons. The maximum absolute atomic E-state index is 12.8. The van der Waals surface area contributed by atoms with Crippen molar-refractivity contribution in [2.24, 2.45) is 4.40 Å². The molecular weight excluding hydrogens is 427 g/mol. The largest absolute Gasteiger partial charge is 0.332 e. The fraction of sp³-hybridized carbons (Fsp3) is 0.235. The lowest BCUT2D eigenvalue weighted by atomic mass is 10.1. The Morgan fingerprint density at radius 3 is 2.64 bits per heavy atom. The molecule has 2 aliphatic rings. The van der Waals surface area contributed by atoms with Gasteiger partial charge in [-0.2, -0.15) is 0 Å². The number of benzene rings is 1. The van der Waals surface area contributed by atoms with Gasteiger partial charge in [-0.05, 0) is 24.3 Å². The smallest absolute Gasteiger partial charge is 0.257 e. The maximum Gasteiger partial charge on any atom is 0.257 e. The number of halogens is 2. The van der Waals surface area contributed by atoms with E-state index in [9.17, 15) is 18.0 Å². The highest BCUT2D eigenvalue weighted by molar-refractivity contribution is 7.90. The number of sulfonamides is 1. The number of anilines is 1. The zero-order valence-corrected chi connectivity index (χ0v) is 17.1. The summed E-state index contributed by atoms with van der Waals surface area (Å²) in [5, 5.41) is 3.11. The number of amidine groups is 1. The van der Waals surface area contributed by atoms with Crippen LogP contribution in [0.4, 0.5) is 5.69 Å². The molecule has 0 aliphatic carbocycles. The quantitative estimate of drug-likeness (QED) is 0.767. The van der Waals surface area contributed by atoms with E-state index in [1.54, 1.807) is 35.4 Å². The SMILES string of the molecule is CN(CC(=O)Nc1c(Cl)cccc1Cl)C(=O)C1=CC=CN2CCS(=O)(=O)N=C12. The number of fused-ring (bicyclic) bond motifs is 1. The van der Waals surface area contributed by atoms with Gasteiger partial charge in [-0.25, -0.2) is 8.42 Å². The molecule has 0 bridgehead atoms. The number of carbonyl (C=O) groups excluding carboxylic acids is 2. The molecule has 0 fully saturated rings. The fourth-order valence-electron chi connectivity index (χ4n) is 2.67. The molecule has 1 aromatic carbocycles. The number of nitrogens with one attached hydrogen (secondary N) is 1. The molecule has 2 amide bonds. The average molecular weight is 443 g/mol. The van der Waals surface area contributed by atoms with Crippen LogP contribution in [0.3, 0.4) is 0 Å². The van der Waals surface area contributed by atoms with E-state index in [0.29, 0.717) is 0 Å². The first-order valence-corrected chi connectivity index (χ1v) is 10.5. The van der Waals surface area contributed by atoms with Crippen molar-refractivity contribution in [3.8, 4) is 0 Å². The molecule has 0 atom stereocenters. The minimum Gasteiger partial charge on any atom is -0.332 e. The van der Waals surface area contributed by atoms with Gasteiger partial charge in [-0.1, -0.05) is 29.3 Å². The van der Waals surface area contributed by atoms with Crippen LogP contribution in [0.1, 0.15) is 0 Å². The van der Waals surface area contributed by atoms with Crippen LogP contribution in [0.5, 0.6) is 0 Å². The standard InChI is InChI=1S/C17H16Cl2N4O4S/c1-22(10-14(24)20-15-12(18)5-2-6-13(15)19)17(25)11-4-3-7-23-8-9-28(26,27)21-16(11)23/h2-7H,8-10H2,1H3,(H,20,24). The van der Waals surface area contributed by atoms with E-state index in [1.165, 1.54) is 13.1 Å². The first-order valence-electron chi connectivity index (χ1n) is 8.15. The van der Waals surface area contributed by atoms with E-state index in [0.717, 1.165) is 4.90 Å². The summed E-state index contributed by atoms with van der Waals surface area (Å²) in [7, 11) is -2.20. The average Bonchev–Trinajstić information content (AvgIpc) is 2.63. The van der Waals surface area contributed by atoms with E-state index < -0.39 is 21.8 Å². The molecule has 2 aliphatic heterocycles. The van der Waals surface area contributed by atoms with Crippen LogP contribution in [0.15, 0.2) is 46.5 Å². The molecule has 1 aromatic rings. The lowest BCUT2D eigenvalue weighted by molar-refractivity contribution is -0.129. The zero-order valence-electron chi connectivity index (χ0n) is 14.7. The van der Waals surface area contributed by atoms with Crippen molar-refractivity contribution in [1.29, 1.82) is 0 Å². The Labute approximate surface area is 172 Å². The van der Waals surface area contributed by atoms with Crippen molar-refractivity contribution in [2.45, 2.75) is 0 Å². The summed E-state index contributed by atoms with van der Waals surface area (Å²) in [5.41, 5.74) is 0.349. The van der Waals surface area contributed by atoms with Gasteiger partial charge in [0.15, 0.2) is 5.84 Å². The fourth-order valence-corrected chi connectivity index (χ4v) is 4.15. The number of hydrogen-bond acceptors (Lipinski definition) is 5. The third-order valence-electron chi connectivity index (χ3n) is 4.04. The minimum absolute atomic E-state index is 0.0557. The van der Waals surface area contributed by atoms with E-state index in [4.69, 9.17) is 23.2 Å². The van der Waals surface area contributed by atoms with Crippen molar-refractivity contribution in [1.82, 2.24) is 9.80 Å². The molecule has 0 unspecified atom stereocenters. The Balaban J connectivity index is 1.74. The third kappa shape index (κ3) is 4.37. The number of nitrogens with zero attached hydrogens (tertiary/aromatic N) is 3. The Kier molecular flexibility index (Phi) is 5.78. The second kappa shape index (κ2) is 7.94. The Morgan fingerprint density at radius 2 is 1.96 bits per heavy atom. The number of allylic oxidation sites excluding steroid dienone is 2. The first-order chi connectivity index (χ1) is 13.2. The number of rotatable bonds is 4. The second-order valence-corrected chi connectivity index (χ2v) is 8.69. The summed E-state index contributed by atoms with van der Waals surface area (Å²) in [6, 6.07) is 4.80. The molecule has 1 N–H and O–H groups in total. The molecule has 2 heterocycles. The second-order valence-electron chi connectivity index (χ2n) is 6.12. The number of likely N-dealkylation sites (N-methyl/N-ethyl adjacent to an activating group) is 1. The highest BCUT2D eigenvalue weighted by atomic mass is 35.5. The third-order valence-corrected chi connectivity index (χ3v) is 5.82. The molecule has 148 valence electrons. The predicted octanol–water partition coefficient (Wildman–Crippen LogP) is 1.89. The summed E-state index contributed by atoms with van der Waals surface area (Å²) in [6.07, 6.45) is 4.75. The van der Waals surface area contributed by atoms with Crippen LogP contribution in [0.2, 0.25) is 10.0 Å². The van der Waals surface area contributed by atoms with E-state index in [2.05, 4.69) is 9.71 Å². The molecule has 0 saturated heterocycles. The number of para-hydroxylation sites is 1. The van der Waals surface area contributed by atoms with Gasteiger partial charge in [-0.15, -0.1) is 4.40 Å². The zero-order chi connectivity index (χ0) is 20.5. The van der Waals surface area contributed by atoms with Crippen molar-refractivity contribution in [2.75, 3.05) is 31.2 Å². The highest BCUT2D eigenvalue weighted by Gasteiger charge is 2.31. The lowest BCUT2D eigenvalue weighted by Gasteiger charge is -2.30. The Hall–Kier alpha value is -2.36. The van der Waals surface area contributed by atoms with Crippen LogP contribution in [0.25, 0.3) is 0 Å². The van der Waals surface area contributed by atoms with Gasteiger partial charge in [-0.3, -0.25) is 9.59 Å². The monoisotopic (exact) mass is 442 g/mol. The summed E-state index contributed by atoms with van der Waals surface area (Å²) in [5.74, 6) is -1.11. The molecule has 0 saturated carbocycles. The van der Waals surface area contributed by atoms with Gasteiger partial charge < -0.3 is 15.1 Å². The van der Waals surface area contributed by atoms with Crippen molar-refractivity contribution in [3.05, 3.63) is 52.2 Å². The molecule has 8 nitrogen and oxygen atoms in total. The van der Waals surface area contributed by atoms with Crippen LogP contribution < -0.4 is 5.32 Å². The van der Waals surface area contributed by atoms with E-state index in [-0.39, 0.29) is 46.0 Å². The van der Waals surface area contributed by atoms with Gasteiger partial charge in [0.1, 0.15) is 0 Å². The van der Waals surface area contributed by atoms with Crippen LogP contribution >= 0.6 is 23.2 Å². The summed E-state index contributed by atoms with van der Waals surface area (Å²) < 4.78 is 27.3. The summed E-state index contributed by atoms with van der Waals surface area (Å²) >= 11 is 12.0. The van der Waals surface area contributed by atoms with Gasteiger partial charge in [0.05, 0.1) is 33.6 Å². The normalized spacial score (nSPS) is 17.3. The van der Waals surface area contributed by atoms with Crippen LogP contribution in [-0.2, 0) is 19.6 Å². The van der Waals surface area contributed by atoms with E-state index in [1.807, 2.05) is 0 Å².